The van der Waals surface area contributed by atoms with Crippen molar-refractivity contribution in [3.63, 3.8) is 0 Å². The fourth-order valence-corrected chi connectivity index (χ4v) is 16.0. The average molecular weight is 1530 g/mol. The average Bonchev–Trinajstić information content (AvgIpc) is 0.842. The van der Waals surface area contributed by atoms with Crippen LogP contribution in [0.3, 0.4) is 0 Å². The molecule has 0 fully saturated rings. The molecule has 10 nitrogen and oxygen atoms in total. The molecule has 0 radical (unpaired) electrons. The minimum Gasteiger partial charge on any atom is -0.389 e. The number of hydrogen-bond donors (Lipinski definition) is 4. The molecule has 10 heteroatoms. The lowest BCUT2D eigenvalue weighted by Gasteiger charge is -2.32. The van der Waals surface area contributed by atoms with E-state index in [4.69, 9.17) is 18.9 Å². The van der Waals surface area contributed by atoms with E-state index in [1.165, 1.54) is 411 Å². The number of aliphatic hydroxyl groups is 4. The fourth-order valence-electron chi connectivity index (χ4n) is 16.0. The second-order valence-electron chi connectivity index (χ2n) is 34.3. The Hall–Kier alpha value is -1.50. The predicted molar refractivity (Wildman–Crippen MR) is 473 cm³/mol. The van der Waals surface area contributed by atoms with Crippen LogP contribution < -0.4 is 9.80 Å². The highest BCUT2D eigenvalue weighted by Crippen LogP contribution is 2.25. The maximum Gasteiger partial charge on any atom is 0.0948 e. The SMILES string of the molecule is CCCCCCCCCCCCCCCCCCCCOCC(O)CN(CC(O)COCCCCCCCCCCCCCCCCCCCC)c1ccc(N(CC(O)COCCCCCCCCCCCCCCCCCCCC)CC(O)COCCCCCCCCCCCCCCCCCCCC)cc1. The van der Waals surface area contributed by atoms with Gasteiger partial charge < -0.3 is 49.2 Å². The summed E-state index contributed by atoms with van der Waals surface area (Å²) in [5, 5.41) is 46.1. The molecule has 0 heterocycles. The molecule has 0 aliphatic carbocycles. The molecule has 4 atom stereocenters. The molecule has 0 saturated carbocycles. The summed E-state index contributed by atoms with van der Waals surface area (Å²) in [7, 11) is 0. The van der Waals surface area contributed by atoms with Crippen molar-refractivity contribution in [3.8, 4) is 0 Å². The zero-order valence-corrected chi connectivity index (χ0v) is 73.3. The second-order valence-corrected chi connectivity index (χ2v) is 34.3. The third kappa shape index (κ3) is 77.1. The lowest BCUT2D eigenvalue weighted by molar-refractivity contribution is 0.0282. The van der Waals surface area contributed by atoms with E-state index in [2.05, 4.69) is 37.5 Å². The van der Waals surface area contributed by atoms with Gasteiger partial charge in [0.25, 0.3) is 0 Å². The van der Waals surface area contributed by atoms with E-state index >= 15 is 0 Å². The van der Waals surface area contributed by atoms with Crippen molar-refractivity contribution in [2.75, 3.05) is 88.8 Å². The molecule has 4 unspecified atom stereocenters. The first-order chi connectivity index (χ1) is 53.3. The Kier molecular flexibility index (Phi) is 85.0. The summed E-state index contributed by atoms with van der Waals surface area (Å²) in [5.74, 6) is 0. The van der Waals surface area contributed by atoms with Crippen LogP contribution in [0, 0.1) is 0 Å². The Morgan fingerprint density at radius 1 is 0.185 bits per heavy atom. The van der Waals surface area contributed by atoms with Crippen LogP contribution in [-0.4, -0.2) is 124 Å². The standard InChI is InChI=1S/C98H192N2O8/c1-5-9-13-17-21-25-29-33-37-41-45-49-53-57-61-65-69-73-81-105-89-95(101)85-99(86-96(102)90-106-82-74-70-66-62-58-54-50-46-42-38-34-30-26-22-18-14-10-6-2)93-77-79-94(80-78-93)100(87-97(103)91-107-83-75-71-67-63-59-55-51-47-43-39-35-31-27-23-19-15-11-7-3)88-98(104)92-108-84-76-72-68-64-60-56-52-48-44-40-36-32-28-24-20-16-12-8-4/h77-80,95-98,101-104H,5-76,81-92H2,1-4H3. The molecule has 0 aliphatic rings. The minimum atomic E-state index is -0.738. The highest BCUT2D eigenvalue weighted by Gasteiger charge is 2.21. The number of rotatable bonds is 94. The van der Waals surface area contributed by atoms with Crippen molar-refractivity contribution in [2.45, 2.75) is 514 Å². The quantitative estimate of drug-likeness (QED) is 0.0469. The number of benzene rings is 1. The lowest BCUT2D eigenvalue weighted by Crippen LogP contribution is -2.42. The van der Waals surface area contributed by atoms with E-state index in [-0.39, 0.29) is 26.4 Å². The topological polar surface area (TPSA) is 124 Å². The van der Waals surface area contributed by atoms with Gasteiger partial charge in [0.05, 0.1) is 50.8 Å². The Bertz CT molecular complexity index is 1580. The van der Waals surface area contributed by atoms with E-state index in [0.29, 0.717) is 52.6 Å². The number of unbranched alkanes of at least 4 members (excludes halogenated alkanes) is 68. The van der Waals surface area contributed by atoms with E-state index in [1.54, 1.807) is 0 Å². The number of ether oxygens (including phenoxy) is 4. The minimum absolute atomic E-state index is 0.242. The maximum atomic E-state index is 11.5. The van der Waals surface area contributed by atoms with Crippen molar-refractivity contribution >= 4 is 11.4 Å². The van der Waals surface area contributed by atoms with Crippen LogP contribution in [0.15, 0.2) is 24.3 Å². The van der Waals surface area contributed by atoms with Crippen molar-refractivity contribution in [2.24, 2.45) is 0 Å². The first-order valence-corrected chi connectivity index (χ1v) is 49.0. The Morgan fingerprint density at radius 2 is 0.296 bits per heavy atom. The van der Waals surface area contributed by atoms with Gasteiger partial charge in [-0.3, -0.25) is 0 Å². The van der Waals surface area contributed by atoms with Crippen molar-refractivity contribution in [1.82, 2.24) is 0 Å². The van der Waals surface area contributed by atoms with E-state index in [0.717, 1.165) is 62.7 Å². The van der Waals surface area contributed by atoms with Gasteiger partial charge in [0.2, 0.25) is 0 Å². The summed E-state index contributed by atoms with van der Waals surface area (Å²) < 4.78 is 24.4. The monoisotopic (exact) mass is 1530 g/mol. The molecule has 0 saturated heterocycles. The van der Waals surface area contributed by atoms with Gasteiger partial charge in [-0.15, -0.1) is 0 Å². The van der Waals surface area contributed by atoms with Gasteiger partial charge in [0.15, 0.2) is 0 Å². The molecule has 1 aromatic rings. The molecule has 0 bridgehead atoms. The van der Waals surface area contributed by atoms with Gasteiger partial charge in [0, 0.05) is 64.0 Å². The van der Waals surface area contributed by atoms with Gasteiger partial charge in [-0.05, 0) is 49.9 Å². The fraction of sp³-hybridized carbons (Fsp3) is 0.939. The zero-order chi connectivity index (χ0) is 77.7. The van der Waals surface area contributed by atoms with Crippen LogP contribution in [0.2, 0.25) is 0 Å². The third-order valence-electron chi connectivity index (χ3n) is 23.1. The van der Waals surface area contributed by atoms with E-state index < -0.39 is 24.4 Å². The van der Waals surface area contributed by atoms with Gasteiger partial charge >= 0.3 is 0 Å². The summed E-state index contributed by atoms with van der Waals surface area (Å²) >= 11 is 0. The first-order valence-electron chi connectivity index (χ1n) is 49.0. The molecular formula is C98H192N2O8. The molecule has 1 rings (SSSR count). The normalized spacial score (nSPS) is 13.0. The Balaban J connectivity index is 2.82. The molecule has 0 spiro atoms. The summed E-state index contributed by atoms with van der Waals surface area (Å²) in [6.07, 6.45) is 94.1. The number of anilines is 2. The lowest BCUT2D eigenvalue weighted by atomic mass is 10.0. The zero-order valence-electron chi connectivity index (χ0n) is 73.3. The van der Waals surface area contributed by atoms with Crippen LogP contribution in [0.5, 0.6) is 0 Å². The number of hydrogen-bond acceptors (Lipinski definition) is 10. The van der Waals surface area contributed by atoms with Crippen LogP contribution in [-0.2, 0) is 18.9 Å². The van der Waals surface area contributed by atoms with E-state index in [1.807, 2.05) is 24.3 Å². The van der Waals surface area contributed by atoms with Gasteiger partial charge in [-0.2, -0.15) is 0 Å². The van der Waals surface area contributed by atoms with Crippen molar-refractivity contribution in [3.05, 3.63) is 24.3 Å². The molecular weight excluding hydrogens is 1330 g/mol. The maximum absolute atomic E-state index is 11.5. The summed E-state index contributed by atoms with van der Waals surface area (Å²) in [4.78, 5) is 4.13. The smallest absolute Gasteiger partial charge is 0.0948 e. The third-order valence-corrected chi connectivity index (χ3v) is 23.1. The highest BCUT2D eigenvalue weighted by atomic mass is 16.5. The predicted octanol–water partition coefficient (Wildman–Crippen LogP) is 29.0. The molecule has 108 heavy (non-hydrogen) atoms. The molecule has 1 aromatic carbocycles. The van der Waals surface area contributed by atoms with Crippen LogP contribution in [0.1, 0.15) is 490 Å². The molecule has 0 aliphatic heterocycles. The molecule has 0 amide bonds. The second kappa shape index (κ2) is 87.9. The summed E-state index contributed by atoms with van der Waals surface area (Å²) in [6.45, 7) is 14.0. The largest absolute Gasteiger partial charge is 0.389 e. The first kappa shape index (κ1) is 105. The number of nitrogens with zero attached hydrogens (tertiary/aromatic N) is 2. The summed E-state index contributed by atoms with van der Waals surface area (Å²) in [6, 6.07) is 8.18. The van der Waals surface area contributed by atoms with Crippen LogP contribution >= 0.6 is 0 Å². The highest BCUT2D eigenvalue weighted by molar-refractivity contribution is 5.57. The summed E-state index contributed by atoms with van der Waals surface area (Å²) in [5.41, 5.74) is 1.76. The Labute approximate surface area is 674 Å². The van der Waals surface area contributed by atoms with Gasteiger partial charge in [-0.1, -0.05) is 464 Å². The number of aliphatic hydroxyl groups excluding tert-OH is 4. The van der Waals surface area contributed by atoms with Crippen LogP contribution in [0.25, 0.3) is 0 Å². The van der Waals surface area contributed by atoms with Gasteiger partial charge in [0.1, 0.15) is 0 Å². The van der Waals surface area contributed by atoms with Gasteiger partial charge in [-0.25, -0.2) is 0 Å². The molecule has 0 aromatic heterocycles. The Morgan fingerprint density at radius 3 is 0.417 bits per heavy atom. The van der Waals surface area contributed by atoms with Crippen molar-refractivity contribution < 1.29 is 39.4 Å². The molecule has 642 valence electrons. The van der Waals surface area contributed by atoms with Crippen LogP contribution in [0.4, 0.5) is 11.4 Å². The van der Waals surface area contributed by atoms with Crippen molar-refractivity contribution in [1.29, 1.82) is 0 Å². The molecule has 4 N–H and O–H groups in total. The van der Waals surface area contributed by atoms with E-state index in [9.17, 15) is 20.4 Å².